The average molecular weight is 490 g/mol. The molecule has 2 heterocycles. The van der Waals surface area contributed by atoms with Gasteiger partial charge in [-0.3, -0.25) is 4.90 Å². The number of nitrogens with one attached hydrogen (secondary N) is 1. The van der Waals surface area contributed by atoms with E-state index in [1.807, 2.05) is 43.7 Å². The van der Waals surface area contributed by atoms with Crippen LogP contribution in [-0.4, -0.2) is 90.6 Å². The monoisotopic (exact) mass is 489 g/mol. The lowest BCUT2D eigenvalue weighted by Crippen LogP contribution is -2.55. The molecule has 1 amide bonds. The second-order valence-electron chi connectivity index (χ2n) is 9.73. The van der Waals surface area contributed by atoms with Crippen molar-refractivity contribution in [3.8, 4) is 22.9 Å². The van der Waals surface area contributed by atoms with Crippen LogP contribution in [0, 0.1) is 0 Å². The van der Waals surface area contributed by atoms with E-state index in [2.05, 4.69) is 29.0 Å². The molecule has 1 aliphatic heterocycles. The first-order chi connectivity index (χ1) is 16.6. The molecule has 2 aromatic rings. The van der Waals surface area contributed by atoms with E-state index in [-0.39, 0.29) is 18.2 Å². The van der Waals surface area contributed by atoms with Gasteiger partial charge in [0.2, 0.25) is 5.75 Å². The lowest BCUT2D eigenvalue weighted by atomic mass is 10.1. The summed E-state index contributed by atoms with van der Waals surface area (Å²) in [5, 5.41) is 3.51. The number of hydrogen-bond acceptors (Lipinski definition) is 8. The zero-order chi connectivity index (χ0) is 25.8. The minimum Gasteiger partial charge on any atom is -0.493 e. The van der Waals surface area contributed by atoms with E-state index < -0.39 is 5.60 Å². The Bertz CT molecular complexity index is 969. The number of carbonyl (C=O) groups excluding carboxylic acids is 1. The van der Waals surface area contributed by atoms with Crippen LogP contribution >= 0.6 is 0 Å². The first-order valence-electron chi connectivity index (χ1n) is 11.9. The molecule has 1 aliphatic rings. The van der Waals surface area contributed by atoms with Gasteiger partial charge in [-0.15, -0.1) is 0 Å². The van der Waals surface area contributed by atoms with Gasteiger partial charge in [0.25, 0.3) is 0 Å². The molecule has 1 N–H and O–H groups in total. The van der Waals surface area contributed by atoms with Crippen molar-refractivity contribution < 1.29 is 23.7 Å². The topological polar surface area (TPSA) is 90.3 Å². The maximum absolute atomic E-state index is 12.3. The molecule has 1 saturated heterocycles. The summed E-state index contributed by atoms with van der Waals surface area (Å²) in [6.07, 6.45) is 3.44. The fourth-order valence-electron chi connectivity index (χ4n) is 4.06. The molecule has 1 fully saturated rings. The first kappa shape index (κ1) is 26.5. The maximum atomic E-state index is 12.3. The van der Waals surface area contributed by atoms with E-state index in [9.17, 15) is 4.79 Å². The molecular weight excluding hydrogens is 450 g/mol. The van der Waals surface area contributed by atoms with Crippen molar-refractivity contribution in [2.75, 3.05) is 52.8 Å². The molecule has 35 heavy (non-hydrogen) atoms. The summed E-state index contributed by atoms with van der Waals surface area (Å²) in [5.74, 6) is 2.48. The molecule has 2 atom stereocenters. The number of benzene rings is 1. The summed E-state index contributed by atoms with van der Waals surface area (Å²) in [4.78, 5) is 21.0. The van der Waals surface area contributed by atoms with E-state index in [4.69, 9.17) is 18.9 Å². The van der Waals surface area contributed by atoms with Gasteiger partial charge in [0.1, 0.15) is 17.7 Å². The smallest absolute Gasteiger partial charge is 0.410 e. The number of piperazine rings is 1. The largest absolute Gasteiger partial charge is 0.493 e. The highest BCUT2D eigenvalue weighted by atomic mass is 16.6. The Morgan fingerprint density at radius 3 is 2.11 bits per heavy atom. The van der Waals surface area contributed by atoms with Gasteiger partial charge in [0.05, 0.1) is 33.2 Å². The number of nitrogens with zero attached hydrogens (tertiary/aromatic N) is 4. The van der Waals surface area contributed by atoms with Crippen LogP contribution in [0.2, 0.25) is 0 Å². The van der Waals surface area contributed by atoms with Gasteiger partial charge in [-0.1, -0.05) is 0 Å². The Labute approximate surface area is 208 Å². The third kappa shape index (κ3) is 6.50. The van der Waals surface area contributed by atoms with E-state index in [0.717, 1.165) is 24.6 Å². The maximum Gasteiger partial charge on any atom is 0.410 e. The van der Waals surface area contributed by atoms with Crippen LogP contribution in [-0.2, 0) is 4.74 Å². The van der Waals surface area contributed by atoms with Gasteiger partial charge in [-0.2, -0.15) is 0 Å². The minimum absolute atomic E-state index is 0.145. The number of anilines is 1. The Morgan fingerprint density at radius 1 is 1.00 bits per heavy atom. The number of aromatic nitrogens is 2. The third-order valence-corrected chi connectivity index (χ3v) is 6.17. The molecule has 0 aliphatic carbocycles. The van der Waals surface area contributed by atoms with Gasteiger partial charge in [-0.25, -0.2) is 9.78 Å². The van der Waals surface area contributed by atoms with Gasteiger partial charge in [0.15, 0.2) is 11.5 Å². The van der Waals surface area contributed by atoms with Gasteiger partial charge < -0.3 is 33.7 Å². The Morgan fingerprint density at radius 2 is 1.60 bits per heavy atom. The number of amides is 1. The number of rotatable bonds is 8. The zero-order valence-electron chi connectivity index (χ0n) is 22.1. The van der Waals surface area contributed by atoms with E-state index in [1.54, 1.807) is 32.6 Å². The van der Waals surface area contributed by atoms with Crippen LogP contribution in [0.25, 0.3) is 5.69 Å². The number of ether oxygens (including phenoxy) is 4. The predicted octanol–water partition coefficient (Wildman–Crippen LogP) is 3.64. The molecule has 3 rings (SSSR count). The number of methoxy groups -OCH3 is 3. The van der Waals surface area contributed by atoms with Crippen molar-refractivity contribution in [1.82, 2.24) is 19.4 Å². The van der Waals surface area contributed by atoms with Crippen LogP contribution in [0.5, 0.6) is 17.2 Å². The van der Waals surface area contributed by atoms with Crippen molar-refractivity contribution in [3.63, 3.8) is 0 Å². The van der Waals surface area contributed by atoms with Crippen LogP contribution in [0.4, 0.5) is 10.6 Å². The second kappa shape index (κ2) is 11.1. The summed E-state index contributed by atoms with van der Waals surface area (Å²) in [6, 6.07) is 4.15. The molecule has 1 aromatic heterocycles. The zero-order valence-corrected chi connectivity index (χ0v) is 22.1. The molecule has 10 nitrogen and oxygen atoms in total. The predicted molar refractivity (Wildman–Crippen MR) is 135 cm³/mol. The molecule has 0 radical (unpaired) electrons. The Balaban J connectivity index is 1.61. The summed E-state index contributed by atoms with van der Waals surface area (Å²) in [5.41, 5.74) is 0.366. The molecule has 1 unspecified atom stereocenters. The van der Waals surface area contributed by atoms with Crippen LogP contribution in [0.3, 0.4) is 0 Å². The second-order valence-corrected chi connectivity index (χ2v) is 9.73. The van der Waals surface area contributed by atoms with Crippen LogP contribution in [0.15, 0.2) is 24.7 Å². The lowest BCUT2D eigenvalue weighted by molar-refractivity contribution is 0.0105. The van der Waals surface area contributed by atoms with Gasteiger partial charge >= 0.3 is 6.09 Å². The van der Waals surface area contributed by atoms with Crippen molar-refractivity contribution in [1.29, 1.82) is 0 Å². The molecule has 0 saturated carbocycles. The molecule has 0 spiro atoms. The quantitative estimate of drug-likeness (QED) is 0.601. The average Bonchev–Trinajstić information content (AvgIpc) is 3.29. The fraction of sp³-hybridized carbons (Fsp3) is 0.600. The SMILES string of the molecule is COc1cc(-n2cnc(N[C@H](C)C(C)N3CCN(C(=O)OC(C)(C)C)CC3)c2)cc(OC)c1OC. The normalized spacial score (nSPS) is 16.4. The summed E-state index contributed by atoms with van der Waals surface area (Å²) >= 11 is 0. The highest BCUT2D eigenvalue weighted by molar-refractivity contribution is 5.68. The third-order valence-electron chi connectivity index (χ3n) is 6.17. The molecule has 10 heteroatoms. The number of hydrogen-bond donors (Lipinski definition) is 1. The van der Waals surface area contributed by atoms with Gasteiger partial charge in [-0.05, 0) is 34.6 Å². The molecular formula is C25H39N5O5. The number of carbonyl (C=O) groups is 1. The van der Waals surface area contributed by atoms with Crippen molar-refractivity contribution in [2.45, 2.75) is 52.3 Å². The number of imidazole rings is 1. The summed E-state index contributed by atoms with van der Waals surface area (Å²) < 4.78 is 23.7. The van der Waals surface area contributed by atoms with Gasteiger partial charge in [0, 0.05) is 50.4 Å². The fourth-order valence-corrected chi connectivity index (χ4v) is 4.06. The van der Waals surface area contributed by atoms with E-state index >= 15 is 0 Å². The Hall–Kier alpha value is -3.14. The molecule has 1 aromatic carbocycles. The van der Waals surface area contributed by atoms with Crippen LogP contribution in [0.1, 0.15) is 34.6 Å². The van der Waals surface area contributed by atoms with Crippen molar-refractivity contribution >= 4 is 11.9 Å². The summed E-state index contributed by atoms with van der Waals surface area (Å²) in [7, 11) is 4.77. The van der Waals surface area contributed by atoms with Crippen molar-refractivity contribution in [3.05, 3.63) is 24.7 Å². The first-order valence-corrected chi connectivity index (χ1v) is 11.9. The molecule has 0 bridgehead atoms. The highest BCUT2D eigenvalue weighted by Gasteiger charge is 2.29. The lowest BCUT2D eigenvalue weighted by Gasteiger charge is -2.40. The highest BCUT2D eigenvalue weighted by Crippen LogP contribution is 2.39. The molecule has 194 valence electrons. The van der Waals surface area contributed by atoms with E-state index in [1.165, 1.54) is 0 Å². The van der Waals surface area contributed by atoms with Crippen LogP contribution < -0.4 is 19.5 Å². The van der Waals surface area contributed by atoms with E-state index in [0.29, 0.717) is 30.3 Å². The summed E-state index contributed by atoms with van der Waals surface area (Å²) in [6.45, 7) is 12.9. The standard InChI is InChI=1S/C25H39N5O5/c1-17(18(2)28-9-11-29(12-10-28)24(31)35-25(3,4)5)27-22-15-30(16-26-22)19-13-20(32-6)23(34-8)21(14-19)33-7/h13-18,27H,9-12H2,1-8H3/t17-,18?/m1/s1. The van der Waals surface area contributed by atoms with Crippen molar-refractivity contribution in [2.24, 2.45) is 0 Å². The minimum atomic E-state index is -0.481. The Kier molecular flexibility index (Phi) is 8.37.